The van der Waals surface area contributed by atoms with Gasteiger partial charge in [-0.25, -0.2) is 0 Å². The maximum absolute atomic E-state index is 11.8. The van der Waals surface area contributed by atoms with Crippen molar-refractivity contribution in [1.29, 1.82) is 0 Å². The Morgan fingerprint density at radius 3 is 2.15 bits per heavy atom. The Morgan fingerprint density at radius 2 is 1.62 bits per heavy atom. The van der Waals surface area contributed by atoms with Crippen LogP contribution < -0.4 is 0 Å². The Kier molecular flexibility index (Phi) is 1.64. The number of hydrogen-bond donors (Lipinski definition) is 0. The highest BCUT2D eigenvalue weighted by molar-refractivity contribution is 5.81. The molecule has 3 rings (SSSR count). The fourth-order valence-electron chi connectivity index (χ4n) is 3.00. The van der Waals surface area contributed by atoms with Crippen LogP contribution in [0, 0.1) is 17.8 Å². The minimum atomic E-state index is 0.429. The van der Waals surface area contributed by atoms with Crippen molar-refractivity contribution in [3.05, 3.63) is 0 Å². The van der Waals surface area contributed by atoms with E-state index in [2.05, 4.69) is 4.90 Å². The summed E-state index contributed by atoms with van der Waals surface area (Å²) in [6.07, 6.45) is 6.47. The Morgan fingerprint density at radius 1 is 1.00 bits per heavy atom. The Hall–Kier alpha value is -0.530. The molecule has 0 aromatic carbocycles. The highest BCUT2D eigenvalue weighted by atomic mass is 16.2. The lowest BCUT2D eigenvalue weighted by atomic mass is 10.0. The molecule has 0 radical (unpaired) electrons. The molecular formula is C11H17NO. The number of carbonyl (C=O) groups excluding carboxylic acids is 1. The van der Waals surface area contributed by atoms with Crippen LogP contribution in [0.2, 0.25) is 0 Å². The summed E-state index contributed by atoms with van der Waals surface area (Å²) in [4.78, 5) is 13.9. The Balaban J connectivity index is 1.65. The van der Waals surface area contributed by atoms with Crippen molar-refractivity contribution in [2.45, 2.75) is 32.1 Å². The van der Waals surface area contributed by atoms with Gasteiger partial charge in [0.25, 0.3) is 0 Å². The van der Waals surface area contributed by atoms with Crippen LogP contribution in [-0.4, -0.2) is 23.9 Å². The van der Waals surface area contributed by atoms with E-state index in [1.165, 1.54) is 19.3 Å². The van der Waals surface area contributed by atoms with Gasteiger partial charge in [0.15, 0.2) is 0 Å². The first kappa shape index (κ1) is 7.84. The highest BCUT2D eigenvalue weighted by Gasteiger charge is 2.41. The van der Waals surface area contributed by atoms with E-state index in [0.29, 0.717) is 11.8 Å². The topological polar surface area (TPSA) is 20.3 Å². The van der Waals surface area contributed by atoms with Crippen LogP contribution in [0.25, 0.3) is 0 Å². The van der Waals surface area contributed by atoms with Gasteiger partial charge in [-0.15, -0.1) is 0 Å². The molecule has 0 unspecified atom stereocenters. The maximum atomic E-state index is 11.8. The minimum absolute atomic E-state index is 0.429. The molecule has 0 spiro atoms. The van der Waals surface area contributed by atoms with E-state index in [1.807, 2.05) is 0 Å². The summed E-state index contributed by atoms with van der Waals surface area (Å²) < 4.78 is 0. The van der Waals surface area contributed by atoms with Gasteiger partial charge in [0.2, 0.25) is 5.91 Å². The number of carbonyl (C=O) groups is 1. The number of fused-ring (bicyclic) bond motifs is 1. The number of rotatable bonds is 1. The summed E-state index contributed by atoms with van der Waals surface area (Å²) in [6, 6.07) is 0. The van der Waals surface area contributed by atoms with E-state index in [4.69, 9.17) is 0 Å². The molecule has 72 valence electrons. The first-order chi connectivity index (χ1) is 6.34. The Bertz CT molecular complexity index is 222. The fourth-order valence-corrected chi connectivity index (χ4v) is 3.00. The van der Waals surface area contributed by atoms with Gasteiger partial charge in [-0.05, 0) is 37.5 Å². The van der Waals surface area contributed by atoms with Gasteiger partial charge in [0, 0.05) is 19.0 Å². The molecule has 2 nitrogen and oxygen atoms in total. The van der Waals surface area contributed by atoms with E-state index in [-0.39, 0.29) is 0 Å². The van der Waals surface area contributed by atoms with Crippen molar-refractivity contribution < 1.29 is 4.79 Å². The third-order valence-electron chi connectivity index (χ3n) is 3.96. The average molecular weight is 179 g/mol. The first-order valence-electron chi connectivity index (χ1n) is 5.63. The average Bonchev–Trinajstić information content (AvgIpc) is 2.73. The zero-order valence-electron chi connectivity index (χ0n) is 8.04. The van der Waals surface area contributed by atoms with Gasteiger partial charge < -0.3 is 4.90 Å². The zero-order chi connectivity index (χ0) is 8.84. The lowest BCUT2D eigenvalue weighted by Gasteiger charge is -2.16. The molecule has 1 saturated heterocycles. The zero-order valence-corrected chi connectivity index (χ0v) is 8.04. The molecule has 1 aliphatic heterocycles. The third-order valence-corrected chi connectivity index (χ3v) is 3.96. The van der Waals surface area contributed by atoms with Gasteiger partial charge in [-0.3, -0.25) is 4.79 Å². The summed E-state index contributed by atoms with van der Waals surface area (Å²) in [5.41, 5.74) is 0. The molecule has 2 atom stereocenters. The van der Waals surface area contributed by atoms with Crippen molar-refractivity contribution in [1.82, 2.24) is 4.90 Å². The van der Waals surface area contributed by atoms with Crippen LogP contribution >= 0.6 is 0 Å². The molecule has 0 N–H and O–H groups in total. The molecule has 0 aromatic rings. The summed E-state index contributed by atoms with van der Waals surface area (Å²) in [5, 5.41) is 0. The molecule has 1 amide bonds. The maximum Gasteiger partial charge on any atom is 0.225 e. The molecule has 0 bridgehead atoms. The smallest absolute Gasteiger partial charge is 0.225 e. The second kappa shape index (κ2) is 2.73. The molecule has 1 heterocycles. The van der Waals surface area contributed by atoms with Crippen molar-refractivity contribution >= 4 is 5.91 Å². The lowest BCUT2D eigenvalue weighted by molar-refractivity contribution is -0.131. The first-order valence-corrected chi connectivity index (χ1v) is 5.63. The van der Waals surface area contributed by atoms with Crippen LogP contribution in [0.5, 0.6) is 0 Å². The second-order valence-corrected chi connectivity index (χ2v) is 4.97. The summed E-state index contributed by atoms with van der Waals surface area (Å²) in [5.74, 6) is 2.62. The van der Waals surface area contributed by atoms with E-state index >= 15 is 0 Å². The summed E-state index contributed by atoms with van der Waals surface area (Å²) in [6.45, 7) is 2.17. The van der Waals surface area contributed by atoms with Gasteiger partial charge in [-0.2, -0.15) is 0 Å². The van der Waals surface area contributed by atoms with Gasteiger partial charge in [0.1, 0.15) is 0 Å². The molecule has 3 fully saturated rings. The Labute approximate surface area is 79.3 Å². The van der Waals surface area contributed by atoms with Crippen LogP contribution in [0.15, 0.2) is 0 Å². The number of likely N-dealkylation sites (tertiary alicyclic amines) is 1. The van der Waals surface area contributed by atoms with Crippen molar-refractivity contribution in [2.24, 2.45) is 17.8 Å². The molecular weight excluding hydrogens is 162 g/mol. The third kappa shape index (κ3) is 1.27. The van der Waals surface area contributed by atoms with Gasteiger partial charge in [-0.1, -0.05) is 6.42 Å². The molecule has 3 aliphatic rings. The summed E-state index contributed by atoms with van der Waals surface area (Å²) in [7, 11) is 0. The van der Waals surface area contributed by atoms with Crippen LogP contribution in [0.4, 0.5) is 0 Å². The van der Waals surface area contributed by atoms with Crippen LogP contribution in [0.3, 0.4) is 0 Å². The predicted molar refractivity (Wildman–Crippen MR) is 50.1 cm³/mol. The fraction of sp³-hybridized carbons (Fsp3) is 0.909. The van der Waals surface area contributed by atoms with E-state index in [1.54, 1.807) is 0 Å². The normalized spacial score (nSPS) is 38.0. The molecule has 2 saturated carbocycles. The molecule has 13 heavy (non-hydrogen) atoms. The van der Waals surface area contributed by atoms with E-state index < -0.39 is 0 Å². The minimum Gasteiger partial charge on any atom is -0.342 e. The van der Waals surface area contributed by atoms with Crippen LogP contribution in [0.1, 0.15) is 32.1 Å². The SMILES string of the molecule is O=C(C1CC1)N1C[C@H]2CCC[C@H]2C1. The molecule has 2 heteroatoms. The summed E-state index contributed by atoms with van der Waals surface area (Å²) >= 11 is 0. The highest BCUT2D eigenvalue weighted by Crippen LogP contribution is 2.40. The lowest BCUT2D eigenvalue weighted by Crippen LogP contribution is -2.30. The quantitative estimate of drug-likeness (QED) is 0.599. The molecule has 2 aliphatic carbocycles. The monoisotopic (exact) mass is 179 g/mol. The van der Waals surface area contributed by atoms with Crippen molar-refractivity contribution in [3.63, 3.8) is 0 Å². The number of nitrogens with zero attached hydrogens (tertiary/aromatic N) is 1. The van der Waals surface area contributed by atoms with Crippen molar-refractivity contribution in [3.8, 4) is 0 Å². The largest absolute Gasteiger partial charge is 0.342 e. The van der Waals surface area contributed by atoms with E-state index in [9.17, 15) is 4.79 Å². The second-order valence-electron chi connectivity index (χ2n) is 4.97. The predicted octanol–water partition coefficient (Wildman–Crippen LogP) is 1.65. The standard InChI is InChI=1S/C11H17NO/c13-11(8-4-5-8)12-6-9-2-1-3-10(9)7-12/h8-10H,1-7H2/t9-,10+. The van der Waals surface area contributed by atoms with Gasteiger partial charge in [0.05, 0.1) is 0 Å². The number of amides is 1. The number of hydrogen-bond acceptors (Lipinski definition) is 1. The van der Waals surface area contributed by atoms with E-state index in [0.717, 1.165) is 37.8 Å². The van der Waals surface area contributed by atoms with Gasteiger partial charge >= 0.3 is 0 Å². The van der Waals surface area contributed by atoms with Crippen molar-refractivity contribution in [2.75, 3.05) is 13.1 Å². The molecule has 0 aromatic heterocycles. The van der Waals surface area contributed by atoms with Crippen LogP contribution in [-0.2, 0) is 4.79 Å².